The molecule has 140 valence electrons. The predicted molar refractivity (Wildman–Crippen MR) is 98.1 cm³/mol. The normalized spacial score (nSPS) is 37.8. The second-order valence-corrected chi connectivity index (χ2v) is 9.18. The van der Waals surface area contributed by atoms with E-state index in [9.17, 15) is 9.59 Å². The summed E-state index contributed by atoms with van der Waals surface area (Å²) in [6.45, 7) is 1.57. The molecule has 6 rings (SSSR count). The standard InChI is InChI=1S/C20H28N4O2/c25-17(22-10-15-2-1-3-21-15)16-11-23-19(24-18(16)26)20-7-12-4-13(8-20)6-14(5-12)9-20/h11-15,21H,1-10H2,(H,22,25)(H,23,24,26). The summed E-state index contributed by atoms with van der Waals surface area (Å²) < 4.78 is 0. The maximum absolute atomic E-state index is 12.6. The van der Waals surface area contributed by atoms with Crippen molar-refractivity contribution >= 4 is 5.91 Å². The molecule has 1 atom stereocenters. The number of hydrogen-bond donors (Lipinski definition) is 3. The average Bonchev–Trinajstić information content (AvgIpc) is 3.12. The van der Waals surface area contributed by atoms with E-state index in [-0.39, 0.29) is 22.4 Å². The number of rotatable bonds is 4. The molecule has 1 amide bonds. The van der Waals surface area contributed by atoms with Crippen LogP contribution in [0.2, 0.25) is 0 Å². The molecular formula is C20H28N4O2. The molecule has 6 heteroatoms. The number of nitrogens with zero attached hydrogens (tertiary/aromatic N) is 1. The van der Waals surface area contributed by atoms with Crippen LogP contribution in [0.4, 0.5) is 0 Å². The number of carbonyl (C=O) groups excluding carboxylic acids is 1. The molecule has 4 bridgehead atoms. The van der Waals surface area contributed by atoms with E-state index < -0.39 is 0 Å². The average molecular weight is 356 g/mol. The summed E-state index contributed by atoms with van der Waals surface area (Å²) in [5.41, 5.74) is -0.101. The van der Waals surface area contributed by atoms with Crippen LogP contribution in [0.25, 0.3) is 0 Å². The van der Waals surface area contributed by atoms with Gasteiger partial charge in [-0.25, -0.2) is 4.98 Å². The smallest absolute Gasteiger partial charge is 0.263 e. The van der Waals surface area contributed by atoms with Crippen molar-refractivity contribution in [2.75, 3.05) is 13.1 Å². The van der Waals surface area contributed by atoms with Crippen molar-refractivity contribution in [2.24, 2.45) is 17.8 Å². The van der Waals surface area contributed by atoms with Gasteiger partial charge < -0.3 is 15.6 Å². The minimum Gasteiger partial charge on any atom is -0.350 e. The molecule has 1 aromatic heterocycles. The minimum atomic E-state index is -0.315. The van der Waals surface area contributed by atoms with E-state index in [1.54, 1.807) is 0 Å². The van der Waals surface area contributed by atoms with E-state index in [0.717, 1.165) is 62.2 Å². The number of hydrogen-bond acceptors (Lipinski definition) is 4. The second-order valence-electron chi connectivity index (χ2n) is 9.18. The highest BCUT2D eigenvalue weighted by molar-refractivity contribution is 5.93. The first-order valence-corrected chi connectivity index (χ1v) is 10.2. The van der Waals surface area contributed by atoms with Crippen molar-refractivity contribution in [3.63, 3.8) is 0 Å². The molecule has 5 aliphatic rings. The SMILES string of the molecule is O=C(NCC1CCCN1)c1cnc(C23CC4CC(CC(C4)C2)C3)[nH]c1=O. The quantitative estimate of drug-likeness (QED) is 0.767. The van der Waals surface area contributed by atoms with Gasteiger partial charge in [0.25, 0.3) is 11.5 Å². The summed E-state index contributed by atoms with van der Waals surface area (Å²) in [6.07, 6.45) is 11.3. The van der Waals surface area contributed by atoms with Crippen molar-refractivity contribution in [2.45, 2.75) is 62.8 Å². The molecule has 4 saturated carbocycles. The molecule has 1 aliphatic heterocycles. The van der Waals surface area contributed by atoms with Gasteiger partial charge in [-0.1, -0.05) is 0 Å². The molecule has 4 aliphatic carbocycles. The number of H-pyrrole nitrogens is 1. The summed E-state index contributed by atoms with van der Waals surface area (Å²) >= 11 is 0. The van der Waals surface area contributed by atoms with Crippen LogP contribution in [0, 0.1) is 17.8 Å². The molecule has 1 saturated heterocycles. The van der Waals surface area contributed by atoms with E-state index in [4.69, 9.17) is 0 Å². The summed E-state index contributed by atoms with van der Waals surface area (Å²) in [5.74, 6) is 2.91. The highest BCUT2D eigenvalue weighted by atomic mass is 16.2. The van der Waals surface area contributed by atoms with E-state index in [0.29, 0.717) is 12.6 Å². The Labute approximate surface area is 153 Å². The Morgan fingerprint density at radius 1 is 1.19 bits per heavy atom. The van der Waals surface area contributed by atoms with Crippen molar-refractivity contribution in [1.82, 2.24) is 20.6 Å². The molecule has 1 unspecified atom stereocenters. The van der Waals surface area contributed by atoms with Crippen LogP contribution < -0.4 is 16.2 Å². The third kappa shape index (κ3) is 2.79. The predicted octanol–water partition coefficient (Wildman–Crippen LogP) is 1.72. The zero-order valence-corrected chi connectivity index (χ0v) is 15.2. The lowest BCUT2D eigenvalue weighted by atomic mass is 9.49. The van der Waals surface area contributed by atoms with Gasteiger partial charge in [0.05, 0.1) is 0 Å². The Balaban J connectivity index is 1.33. The van der Waals surface area contributed by atoms with Crippen LogP contribution in [-0.2, 0) is 5.41 Å². The van der Waals surface area contributed by atoms with Crippen molar-refractivity contribution in [1.29, 1.82) is 0 Å². The molecule has 6 nitrogen and oxygen atoms in total. The number of aromatic amines is 1. The van der Waals surface area contributed by atoms with Crippen LogP contribution in [0.5, 0.6) is 0 Å². The molecule has 0 radical (unpaired) electrons. The molecule has 0 spiro atoms. The summed E-state index contributed by atoms with van der Waals surface area (Å²) in [7, 11) is 0. The lowest BCUT2D eigenvalue weighted by Gasteiger charge is -2.56. The Bertz CT molecular complexity index is 730. The van der Waals surface area contributed by atoms with Gasteiger partial charge in [0.2, 0.25) is 0 Å². The number of nitrogens with one attached hydrogen (secondary N) is 3. The summed E-state index contributed by atoms with van der Waals surface area (Å²) in [6, 6.07) is 0.317. The van der Waals surface area contributed by atoms with Gasteiger partial charge in [0.1, 0.15) is 11.4 Å². The van der Waals surface area contributed by atoms with E-state index >= 15 is 0 Å². The molecule has 3 N–H and O–H groups in total. The fourth-order valence-electron chi connectivity index (χ4n) is 6.47. The number of carbonyl (C=O) groups is 1. The van der Waals surface area contributed by atoms with Gasteiger partial charge in [-0.15, -0.1) is 0 Å². The van der Waals surface area contributed by atoms with Gasteiger partial charge in [0, 0.05) is 24.2 Å². The largest absolute Gasteiger partial charge is 0.350 e. The summed E-state index contributed by atoms with van der Waals surface area (Å²) in [5, 5.41) is 6.22. The molecular weight excluding hydrogens is 328 g/mol. The van der Waals surface area contributed by atoms with Crippen LogP contribution >= 0.6 is 0 Å². The van der Waals surface area contributed by atoms with Crippen LogP contribution in [0.3, 0.4) is 0 Å². The first kappa shape index (κ1) is 16.5. The Morgan fingerprint density at radius 2 is 1.88 bits per heavy atom. The first-order valence-electron chi connectivity index (χ1n) is 10.2. The lowest BCUT2D eigenvalue weighted by Crippen LogP contribution is -2.50. The zero-order valence-electron chi connectivity index (χ0n) is 15.2. The number of amides is 1. The monoisotopic (exact) mass is 356 g/mol. The third-order valence-electron chi connectivity index (χ3n) is 7.26. The van der Waals surface area contributed by atoms with Crippen molar-refractivity contribution in [3.8, 4) is 0 Å². The third-order valence-corrected chi connectivity index (χ3v) is 7.26. The van der Waals surface area contributed by atoms with Gasteiger partial charge >= 0.3 is 0 Å². The first-order chi connectivity index (χ1) is 12.6. The molecule has 2 heterocycles. The van der Waals surface area contributed by atoms with E-state index in [1.165, 1.54) is 25.5 Å². The minimum absolute atomic E-state index is 0.0523. The van der Waals surface area contributed by atoms with Gasteiger partial charge in [-0.3, -0.25) is 9.59 Å². The molecule has 1 aromatic rings. The second kappa shape index (κ2) is 6.19. The Morgan fingerprint density at radius 3 is 2.46 bits per heavy atom. The van der Waals surface area contributed by atoms with E-state index in [1.807, 2.05) is 0 Å². The summed E-state index contributed by atoms with van der Waals surface area (Å²) in [4.78, 5) is 32.6. The van der Waals surface area contributed by atoms with E-state index in [2.05, 4.69) is 20.6 Å². The topological polar surface area (TPSA) is 86.9 Å². The van der Waals surface area contributed by atoms with Crippen LogP contribution in [0.1, 0.15) is 67.5 Å². The highest BCUT2D eigenvalue weighted by Gasteiger charge is 2.52. The molecule has 26 heavy (non-hydrogen) atoms. The zero-order chi connectivity index (χ0) is 17.7. The van der Waals surface area contributed by atoms with Gasteiger partial charge in [-0.2, -0.15) is 0 Å². The van der Waals surface area contributed by atoms with Gasteiger partial charge in [-0.05, 0) is 75.7 Å². The maximum atomic E-state index is 12.6. The molecule has 5 fully saturated rings. The Hall–Kier alpha value is -1.69. The number of aromatic nitrogens is 2. The maximum Gasteiger partial charge on any atom is 0.263 e. The fraction of sp³-hybridized carbons (Fsp3) is 0.750. The van der Waals surface area contributed by atoms with Gasteiger partial charge in [0.15, 0.2) is 0 Å². The van der Waals surface area contributed by atoms with Crippen molar-refractivity contribution in [3.05, 3.63) is 27.9 Å². The fourth-order valence-corrected chi connectivity index (χ4v) is 6.47. The van der Waals surface area contributed by atoms with Crippen molar-refractivity contribution < 1.29 is 4.79 Å². The highest BCUT2D eigenvalue weighted by Crippen LogP contribution is 2.59. The Kier molecular flexibility index (Phi) is 3.92. The lowest BCUT2D eigenvalue weighted by molar-refractivity contribution is -0.00953. The van der Waals surface area contributed by atoms with Crippen LogP contribution in [-0.4, -0.2) is 35.0 Å². The molecule has 0 aromatic carbocycles. The van der Waals surface area contributed by atoms with Crippen LogP contribution in [0.15, 0.2) is 11.0 Å².